The van der Waals surface area contributed by atoms with Crippen LogP contribution < -0.4 is 5.32 Å². The Morgan fingerprint density at radius 3 is 2.45 bits per heavy atom. The maximum atomic E-state index is 11.0. The predicted molar refractivity (Wildman–Crippen MR) is 38.8 cm³/mol. The molecule has 1 amide bonds. The monoisotopic (exact) mass is 159 g/mol. The summed E-state index contributed by atoms with van der Waals surface area (Å²) >= 11 is 0. The van der Waals surface area contributed by atoms with E-state index in [4.69, 9.17) is 5.11 Å². The third kappa shape index (κ3) is 1.52. The lowest BCUT2D eigenvalue weighted by atomic mass is 10.1. The number of rotatable bonds is 1. The molecule has 0 aliphatic heterocycles. The number of carbonyl (C=O) groups excluding carboxylic acids is 1. The summed E-state index contributed by atoms with van der Waals surface area (Å²) < 4.78 is 0. The van der Waals surface area contributed by atoms with Crippen LogP contribution in [0.15, 0.2) is 0 Å². The van der Waals surface area contributed by atoms with E-state index in [9.17, 15) is 9.90 Å². The van der Waals surface area contributed by atoms with Gasteiger partial charge in [-0.15, -0.1) is 0 Å². The third-order valence-corrected chi connectivity index (χ3v) is 2.16. The molecular weight excluding hydrogens is 146 g/mol. The summed E-state index contributed by atoms with van der Waals surface area (Å²) in [6.45, 7) is 0. The minimum absolute atomic E-state index is 0.186. The molecule has 0 saturated heterocycles. The van der Waals surface area contributed by atoms with Gasteiger partial charge in [-0.2, -0.15) is 0 Å². The van der Waals surface area contributed by atoms with Gasteiger partial charge in [-0.05, 0) is 12.8 Å². The van der Waals surface area contributed by atoms with Crippen LogP contribution in [0.5, 0.6) is 0 Å². The molecule has 0 aromatic carbocycles. The molecule has 0 aromatic heterocycles. The van der Waals surface area contributed by atoms with Gasteiger partial charge in [-0.1, -0.05) is 0 Å². The molecule has 3 atom stereocenters. The van der Waals surface area contributed by atoms with Crippen LogP contribution in [0.25, 0.3) is 0 Å². The van der Waals surface area contributed by atoms with Gasteiger partial charge in [-0.3, -0.25) is 4.79 Å². The van der Waals surface area contributed by atoms with Crippen LogP contribution in [0.4, 0.5) is 0 Å². The summed E-state index contributed by atoms with van der Waals surface area (Å²) in [7, 11) is 1.53. The first-order valence-electron chi connectivity index (χ1n) is 3.74. The fraction of sp³-hybridized carbons (Fsp3) is 0.857. The Morgan fingerprint density at radius 1 is 1.45 bits per heavy atom. The summed E-state index contributed by atoms with van der Waals surface area (Å²) in [5.74, 6) is -0.607. The van der Waals surface area contributed by atoms with Crippen LogP contribution in [0.2, 0.25) is 0 Å². The van der Waals surface area contributed by atoms with E-state index in [1.54, 1.807) is 0 Å². The van der Waals surface area contributed by atoms with Crippen molar-refractivity contribution in [3.8, 4) is 0 Å². The van der Waals surface area contributed by atoms with Gasteiger partial charge < -0.3 is 15.5 Å². The summed E-state index contributed by atoms with van der Waals surface area (Å²) in [5.41, 5.74) is 0. The lowest BCUT2D eigenvalue weighted by Gasteiger charge is -2.13. The first-order chi connectivity index (χ1) is 5.16. The highest BCUT2D eigenvalue weighted by Gasteiger charge is 2.37. The first kappa shape index (κ1) is 8.49. The lowest BCUT2D eigenvalue weighted by molar-refractivity contribution is -0.128. The number of aliphatic hydroxyl groups excluding tert-OH is 2. The molecule has 4 nitrogen and oxygen atoms in total. The molecule has 1 saturated carbocycles. The second-order valence-electron chi connectivity index (χ2n) is 2.86. The Morgan fingerprint density at radius 2 is 2.09 bits per heavy atom. The molecule has 64 valence electrons. The molecule has 0 radical (unpaired) electrons. The van der Waals surface area contributed by atoms with Crippen LogP contribution in [-0.2, 0) is 4.79 Å². The van der Waals surface area contributed by atoms with Crippen molar-refractivity contribution in [1.82, 2.24) is 5.32 Å². The number of aliphatic hydroxyl groups is 2. The van der Waals surface area contributed by atoms with Gasteiger partial charge in [-0.25, -0.2) is 0 Å². The standard InChI is InChI=1S/C7H13NO3/c1-8-7(11)4-2-3-5(9)6(4)10/h4-6,9-10H,2-3H2,1H3,(H,8,11)/t4-,5-,6-/m1/s1. The molecule has 3 N–H and O–H groups in total. The average Bonchev–Trinajstić information content (AvgIpc) is 2.32. The van der Waals surface area contributed by atoms with Gasteiger partial charge in [0, 0.05) is 7.05 Å². The lowest BCUT2D eigenvalue weighted by Crippen LogP contribution is -2.35. The number of amides is 1. The summed E-state index contributed by atoms with van der Waals surface area (Å²) in [6, 6.07) is 0. The predicted octanol–water partition coefficient (Wildman–Crippen LogP) is -1.14. The highest BCUT2D eigenvalue weighted by molar-refractivity contribution is 5.79. The van der Waals surface area contributed by atoms with Crippen molar-refractivity contribution in [1.29, 1.82) is 0 Å². The smallest absolute Gasteiger partial charge is 0.225 e. The van der Waals surface area contributed by atoms with E-state index in [0.29, 0.717) is 12.8 Å². The fourth-order valence-corrected chi connectivity index (χ4v) is 1.43. The summed E-state index contributed by atoms with van der Waals surface area (Å²) in [4.78, 5) is 11.0. The molecule has 11 heavy (non-hydrogen) atoms. The van der Waals surface area contributed by atoms with Crippen molar-refractivity contribution in [2.75, 3.05) is 7.05 Å². The highest BCUT2D eigenvalue weighted by atomic mass is 16.3. The molecule has 0 aromatic rings. The van der Waals surface area contributed by atoms with E-state index in [2.05, 4.69) is 5.32 Å². The van der Waals surface area contributed by atoms with Crippen LogP contribution in [0.1, 0.15) is 12.8 Å². The van der Waals surface area contributed by atoms with Crippen molar-refractivity contribution in [2.45, 2.75) is 25.0 Å². The van der Waals surface area contributed by atoms with E-state index >= 15 is 0 Å². The number of hydrogen-bond donors (Lipinski definition) is 3. The SMILES string of the molecule is CNC(=O)[C@@H]1CC[C@@H](O)[C@@H]1O. The van der Waals surface area contributed by atoms with Crippen LogP contribution in [0.3, 0.4) is 0 Å². The van der Waals surface area contributed by atoms with Crippen molar-refractivity contribution in [3.63, 3.8) is 0 Å². The van der Waals surface area contributed by atoms with Gasteiger partial charge >= 0.3 is 0 Å². The Hall–Kier alpha value is -0.610. The zero-order chi connectivity index (χ0) is 8.43. The van der Waals surface area contributed by atoms with Crippen molar-refractivity contribution < 1.29 is 15.0 Å². The average molecular weight is 159 g/mol. The number of nitrogens with one attached hydrogen (secondary N) is 1. The minimum atomic E-state index is -0.880. The van der Waals surface area contributed by atoms with Crippen molar-refractivity contribution >= 4 is 5.91 Å². The molecular formula is C7H13NO3. The Bertz CT molecular complexity index is 160. The Kier molecular flexibility index (Phi) is 2.46. The fourth-order valence-electron chi connectivity index (χ4n) is 1.43. The molecule has 0 heterocycles. The summed E-state index contributed by atoms with van der Waals surface area (Å²) in [6.07, 6.45) is -0.520. The van der Waals surface area contributed by atoms with Gasteiger partial charge in [0.15, 0.2) is 0 Å². The van der Waals surface area contributed by atoms with E-state index < -0.39 is 18.1 Å². The van der Waals surface area contributed by atoms with Crippen molar-refractivity contribution in [2.24, 2.45) is 5.92 Å². The normalized spacial score (nSPS) is 37.2. The van der Waals surface area contributed by atoms with Crippen molar-refractivity contribution in [3.05, 3.63) is 0 Å². The Balaban J connectivity index is 2.54. The molecule has 1 aliphatic carbocycles. The van der Waals surface area contributed by atoms with E-state index in [-0.39, 0.29) is 5.91 Å². The maximum absolute atomic E-state index is 11.0. The summed E-state index contributed by atoms with van der Waals surface area (Å²) in [5, 5.41) is 20.8. The zero-order valence-electron chi connectivity index (χ0n) is 6.45. The largest absolute Gasteiger partial charge is 0.390 e. The molecule has 1 aliphatic rings. The number of carbonyl (C=O) groups is 1. The topological polar surface area (TPSA) is 69.6 Å². The molecule has 1 fully saturated rings. The molecule has 0 unspecified atom stereocenters. The molecule has 0 bridgehead atoms. The second-order valence-corrected chi connectivity index (χ2v) is 2.86. The van der Waals surface area contributed by atoms with E-state index in [1.807, 2.05) is 0 Å². The zero-order valence-corrected chi connectivity index (χ0v) is 6.45. The van der Waals surface area contributed by atoms with Gasteiger partial charge in [0.1, 0.15) is 0 Å². The first-order valence-corrected chi connectivity index (χ1v) is 3.74. The molecule has 0 spiro atoms. The second kappa shape index (κ2) is 3.19. The van der Waals surface area contributed by atoms with E-state index in [1.165, 1.54) is 7.05 Å². The minimum Gasteiger partial charge on any atom is -0.390 e. The highest BCUT2D eigenvalue weighted by Crippen LogP contribution is 2.25. The van der Waals surface area contributed by atoms with E-state index in [0.717, 1.165) is 0 Å². The van der Waals surface area contributed by atoms with Gasteiger partial charge in [0.25, 0.3) is 0 Å². The number of hydrogen-bond acceptors (Lipinski definition) is 3. The quantitative estimate of drug-likeness (QED) is 0.453. The van der Waals surface area contributed by atoms with Crippen LogP contribution in [-0.4, -0.2) is 35.4 Å². The third-order valence-electron chi connectivity index (χ3n) is 2.16. The molecule has 1 rings (SSSR count). The maximum Gasteiger partial charge on any atom is 0.225 e. The Labute approximate surface area is 65.2 Å². The van der Waals surface area contributed by atoms with Crippen LogP contribution in [0, 0.1) is 5.92 Å². The van der Waals surface area contributed by atoms with Crippen LogP contribution >= 0.6 is 0 Å². The van der Waals surface area contributed by atoms with Gasteiger partial charge in [0.05, 0.1) is 18.1 Å². The van der Waals surface area contributed by atoms with Gasteiger partial charge in [0.2, 0.25) is 5.91 Å². The molecule has 4 heteroatoms.